The molecule has 0 heterocycles. The second-order valence-electron chi connectivity index (χ2n) is 5.39. The highest BCUT2D eigenvalue weighted by atomic mass is 16.2. The average molecular weight is 290 g/mol. The zero-order chi connectivity index (χ0) is 15.4. The van der Waals surface area contributed by atoms with Crippen molar-refractivity contribution in [1.29, 1.82) is 0 Å². The van der Waals surface area contributed by atoms with Gasteiger partial charge < -0.3 is 5.11 Å². The van der Waals surface area contributed by atoms with Gasteiger partial charge in [-0.15, -0.1) is 0 Å². The molecule has 0 atom stereocenters. The van der Waals surface area contributed by atoms with Crippen molar-refractivity contribution in [2.24, 2.45) is 0 Å². The van der Waals surface area contributed by atoms with E-state index in [1.54, 1.807) is 6.08 Å². The van der Waals surface area contributed by atoms with Gasteiger partial charge in [-0.05, 0) is 63.9 Å². The topological polar surface area (TPSA) is 20.2 Å². The first-order chi connectivity index (χ1) is 10.4. The second kappa shape index (κ2) is 18.8. The molecule has 0 saturated carbocycles. The van der Waals surface area contributed by atoms with Crippen LogP contribution in [0.1, 0.15) is 77.6 Å². The average Bonchev–Trinajstić information content (AvgIpc) is 2.50. The van der Waals surface area contributed by atoms with Crippen molar-refractivity contribution in [3.05, 3.63) is 48.8 Å². The van der Waals surface area contributed by atoms with Crippen LogP contribution in [-0.2, 0) is 0 Å². The minimum absolute atomic E-state index is 0.919. The van der Waals surface area contributed by atoms with Crippen LogP contribution < -0.4 is 0 Å². The van der Waals surface area contributed by atoms with Crippen molar-refractivity contribution in [3.8, 4) is 0 Å². The lowest BCUT2D eigenvalue weighted by molar-refractivity contribution is 0.471. The Bertz CT molecular complexity index is 297. The molecule has 0 unspecified atom stereocenters. The molecule has 0 aromatic carbocycles. The van der Waals surface area contributed by atoms with E-state index in [9.17, 15) is 0 Å². The van der Waals surface area contributed by atoms with E-state index in [1.807, 2.05) is 0 Å². The van der Waals surface area contributed by atoms with Gasteiger partial charge in [-0.25, -0.2) is 0 Å². The van der Waals surface area contributed by atoms with Crippen molar-refractivity contribution in [2.75, 3.05) is 0 Å². The van der Waals surface area contributed by atoms with E-state index >= 15 is 0 Å². The van der Waals surface area contributed by atoms with E-state index in [0.29, 0.717) is 0 Å². The van der Waals surface area contributed by atoms with Gasteiger partial charge in [-0.2, -0.15) is 0 Å². The normalized spacial score (nSPS) is 12.6. The molecule has 0 rings (SSSR count). The Balaban J connectivity index is 3.25. The molecule has 0 aliphatic carbocycles. The minimum atomic E-state index is 0.919. The Hall–Kier alpha value is -1.24. The first-order valence-electron chi connectivity index (χ1n) is 8.66. The molecular weight excluding hydrogens is 256 g/mol. The summed E-state index contributed by atoms with van der Waals surface area (Å²) in [5, 5.41) is 8.47. The Labute approximate surface area is 132 Å². The molecule has 0 bridgehead atoms. The van der Waals surface area contributed by atoms with Gasteiger partial charge in [-0.3, -0.25) is 0 Å². The van der Waals surface area contributed by atoms with Gasteiger partial charge in [0.15, 0.2) is 0 Å². The Morgan fingerprint density at radius 1 is 0.571 bits per heavy atom. The molecule has 0 spiro atoms. The predicted octanol–water partition coefficient (Wildman–Crippen LogP) is 7.04. The molecule has 0 fully saturated rings. The molecule has 0 amide bonds. The Kier molecular flexibility index (Phi) is 17.7. The zero-order valence-electron chi connectivity index (χ0n) is 13.8. The van der Waals surface area contributed by atoms with Gasteiger partial charge >= 0.3 is 0 Å². The highest BCUT2D eigenvalue weighted by Gasteiger charge is 1.85. The van der Waals surface area contributed by atoms with Gasteiger partial charge in [-0.1, -0.05) is 56.2 Å². The predicted molar refractivity (Wildman–Crippen MR) is 95.6 cm³/mol. The van der Waals surface area contributed by atoms with Crippen LogP contribution in [0, 0.1) is 0 Å². The maximum Gasteiger partial charge on any atom is 0.0751 e. The van der Waals surface area contributed by atoms with E-state index in [-0.39, 0.29) is 0 Å². The van der Waals surface area contributed by atoms with Crippen LogP contribution in [0.2, 0.25) is 0 Å². The van der Waals surface area contributed by atoms with Crippen LogP contribution in [0.25, 0.3) is 0 Å². The van der Waals surface area contributed by atoms with E-state index in [1.165, 1.54) is 51.4 Å². The summed E-state index contributed by atoms with van der Waals surface area (Å²) in [5.74, 6) is 0. The van der Waals surface area contributed by atoms with E-state index < -0.39 is 0 Å². The van der Waals surface area contributed by atoms with E-state index in [0.717, 1.165) is 25.5 Å². The number of rotatable bonds is 14. The number of aliphatic hydroxyl groups excluding tert-OH is 1. The number of hydrogen-bond acceptors (Lipinski definition) is 1. The molecule has 1 N–H and O–H groups in total. The summed E-state index contributed by atoms with van der Waals surface area (Å²) in [6.07, 6.45) is 29.8. The highest BCUT2D eigenvalue weighted by Crippen LogP contribution is 2.05. The van der Waals surface area contributed by atoms with Crippen LogP contribution in [0.5, 0.6) is 0 Å². The first kappa shape index (κ1) is 19.8. The molecule has 120 valence electrons. The number of allylic oxidation sites excluding steroid dienone is 7. The molecule has 0 aliphatic rings. The maximum absolute atomic E-state index is 8.47. The van der Waals surface area contributed by atoms with Crippen molar-refractivity contribution in [1.82, 2.24) is 0 Å². The lowest BCUT2D eigenvalue weighted by atomic mass is 10.1. The van der Waals surface area contributed by atoms with Crippen molar-refractivity contribution in [2.45, 2.75) is 77.6 Å². The number of aliphatic hydroxyl groups is 1. The van der Waals surface area contributed by atoms with E-state index in [4.69, 9.17) is 5.11 Å². The molecular formula is C20H34O. The number of hydrogen-bond donors (Lipinski definition) is 1. The van der Waals surface area contributed by atoms with Crippen LogP contribution in [0.3, 0.4) is 0 Å². The lowest BCUT2D eigenvalue weighted by Gasteiger charge is -1.94. The van der Waals surface area contributed by atoms with Crippen molar-refractivity contribution in [3.63, 3.8) is 0 Å². The fraction of sp³-hybridized carbons (Fsp3) is 0.600. The third kappa shape index (κ3) is 18.8. The van der Waals surface area contributed by atoms with Crippen LogP contribution in [0.4, 0.5) is 0 Å². The summed E-state index contributed by atoms with van der Waals surface area (Å²) in [4.78, 5) is 0. The third-order valence-electron chi connectivity index (χ3n) is 3.34. The SMILES string of the molecule is CCCCCC=CCCCCC=CCC=CCCC=CO. The molecule has 0 radical (unpaired) electrons. The third-order valence-corrected chi connectivity index (χ3v) is 3.34. The monoisotopic (exact) mass is 290 g/mol. The van der Waals surface area contributed by atoms with E-state index in [2.05, 4.69) is 43.4 Å². The summed E-state index contributed by atoms with van der Waals surface area (Å²) >= 11 is 0. The minimum Gasteiger partial charge on any atom is -0.516 e. The summed E-state index contributed by atoms with van der Waals surface area (Å²) in [6, 6.07) is 0. The molecule has 21 heavy (non-hydrogen) atoms. The van der Waals surface area contributed by atoms with Gasteiger partial charge in [0.05, 0.1) is 6.26 Å². The summed E-state index contributed by atoms with van der Waals surface area (Å²) < 4.78 is 0. The molecule has 1 heteroatoms. The van der Waals surface area contributed by atoms with Gasteiger partial charge in [0.1, 0.15) is 0 Å². The largest absolute Gasteiger partial charge is 0.516 e. The fourth-order valence-corrected chi connectivity index (χ4v) is 2.05. The Morgan fingerprint density at radius 3 is 1.62 bits per heavy atom. The van der Waals surface area contributed by atoms with Crippen LogP contribution >= 0.6 is 0 Å². The maximum atomic E-state index is 8.47. The molecule has 0 aromatic rings. The molecule has 1 nitrogen and oxygen atoms in total. The Morgan fingerprint density at radius 2 is 1.05 bits per heavy atom. The van der Waals surface area contributed by atoms with Gasteiger partial charge in [0.25, 0.3) is 0 Å². The van der Waals surface area contributed by atoms with Crippen LogP contribution in [-0.4, -0.2) is 5.11 Å². The second-order valence-corrected chi connectivity index (χ2v) is 5.39. The standard InChI is InChI=1S/C20H34O/c1-2-3-4-5-6-7-8-9-10-11-12-13-14-15-16-17-18-19-20-21/h6-7,12-13,15-16,19-21H,2-5,8-11,14,17-18H2,1H3. The van der Waals surface area contributed by atoms with Crippen molar-refractivity contribution >= 4 is 0 Å². The van der Waals surface area contributed by atoms with Crippen LogP contribution in [0.15, 0.2) is 48.8 Å². The zero-order valence-corrected chi connectivity index (χ0v) is 13.8. The smallest absolute Gasteiger partial charge is 0.0751 e. The van der Waals surface area contributed by atoms with Gasteiger partial charge in [0, 0.05) is 0 Å². The first-order valence-corrected chi connectivity index (χ1v) is 8.66. The summed E-state index contributed by atoms with van der Waals surface area (Å²) in [7, 11) is 0. The quantitative estimate of drug-likeness (QED) is 0.207. The molecule has 0 aromatic heterocycles. The number of unbranched alkanes of at least 4 members (excludes halogenated alkanes) is 7. The summed E-state index contributed by atoms with van der Waals surface area (Å²) in [5.41, 5.74) is 0. The van der Waals surface area contributed by atoms with Gasteiger partial charge in [0.2, 0.25) is 0 Å². The van der Waals surface area contributed by atoms with Crippen molar-refractivity contribution < 1.29 is 5.11 Å². The lowest BCUT2D eigenvalue weighted by Crippen LogP contribution is -1.74. The highest BCUT2D eigenvalue weighted by molar-refractivity contribution is 4.93. The molecule has 0 aliphatic heterocycles. The molecule has 0 saturated heterocycles. The summed E-state index contributed by atoms with van der Waals surface area (Å²) in [6.45, 7) is 2.25. The fourth-order valence-electron chi connectivity index (χ4n) is 2.05.